The number of aromatic nitrogens is 3. The zero-order valence-electron chi connectivity index (χ0n) is 8.49. The predicted molar refractivity (Wildman–Crippen MR) is 62.1 cm³/mol. The number of benzene rings is 1. The Labute approximate surface area is 96.5 Å². The summed E-state index contributed by atoms with van der Waals surface area (Å²) >= 11 is 5.96. The van der Waals surface area contributed by atoms with E-state index in [1.54, 1.807) is 6.07 Å². The van der Waals surface area contributed by atoms with Gasteiger partial charge in [-0.05, 0) is 24.6 Å². The quantitative estimate of drug-likeness (QED) is 0.835. The van der Waals surface area contributed by atoms with E-state index in [-0.39, 0.29) is 11.5 Å². The molecule has 2 aromatic rings. The van der Waals surface area contributed by atoms with Gasteiger partial charge in [-0.25, -0.2) is 0 Å². The maximum absolute atomic E-state index is 11.0. The van der Waals surface area contributed by atoms with Crippen molar-refractivity contribution in [3.8, 4) is 0 Å². The molecule has 0 aliphatic heterocycles. The first-order valence-corrected chi connectivity index (χ1v) is 4.98. The van der Waals surface area contributed by atoms with Crippen LogP contribution in [-0.2, 0) is 0 Å². The number of hydrogen-bond donors (Lipinski definition) is 2. The molecule has 0 aliphatic rings. The Balaban J connectivity index is 2.27. The van der Waals surface area contributed by atoms with E-state index in [1.807, 2.05) is 19.1 Å². The summed E-state index contributed by atoms with van der Waals surface area (Å²) in [4.78, 5) is 13.5. The highest BCUT2D eigenvalue weighted by atomic mass is 35.5. The molecule has 0 bridgehead atoms. The second-order valence-electron chi connectivity index (χ2n) is 3.27. The molecule has 0 spiro atoms. The smallest absolute Gasteiger partial charge is 0.271 e. The molecule has 2 N–H and O–H groups in total. The third kappa shape index (κ3) is 2.38. The summed E-state index contributed by atoms with van der Waals surface area (Å²) in [6.07, 6.45) is 1.10. The number of rotatable bonds is 2. The molecular formula is C10H9ClN4O. The molecule has 0 atom stereocenters. The minimum absolute atomic E-state index is 0.285. The molecule has 16 heavy (non-hydrogen) atoms. The van der Waals surface area contributed by atoms with Crippen LogP contribution in [0.1, 0.15) is 5.56 Å². The summed E-state index contributed by atoms with van der Waals surface area (Å²) in [5.41, 5.74) is 1.42. The highest BCUT2D eigenvalue weighted by molar-refractivity contribution is 6.31. The molecule has 0 aliphatic carbocycles. The number of hydrogen-bond acceptors (Lipinski definition) is 4. The number of aryl methyl sites for hydroxylation is 1. The van der Waals surface area contributed by atoms with E-state index in [2.05, 4.69) is 20.5 Å². The number of aromatic amines is 1. The molecule has 0 radical (unpaired) electrons. The third-order valence-corrected chi connectivity index (χ3v) is 2.42. The van der Waals surface area contributed by atoms with Crippen LogP contribution >= 0.6 is 11.6 Å². The van der Waals surface area contributed by atoms with Gasteiger partial charge in [-0.1, -0.05) is 17.7 Å². The van der Waals surface area contributed by atoms with E-state index >= 15 is 0 Å². The Morgan fingerprint density at radius 3 is 2.94 bits per heavy atom. The van der Waals surface area contributed by atoms with Gasteiger partial charge >= 0.3 is 0 Å². The van der Waals surface area contributed by atoms with Crippen LogP contribution in [0.25, 0.3) is 0 Å². The molecule has 82 valence electrons. The Bertz CT molecular complexity index is 567. The van der Waals surface area contributed by atoms with Crippen molar-refractivity contribution in [1.29, 1.82) is 0 Å². The van der Waals surface area contributed by atoms with Crippen LogP contribution in [0.5, 0.6) is 0 Å². The van der Waals surface area contributed by atoms with E-state index in [0.29, 0.717) is 5.02 Å². The normalized spacial score (nSPS) is 10.1. The second-order valence-corrected chi connectivity index (χ2v) is 3.68. The van der Waals surface area contributed by atoms with Crippen LogP contribution in [0.15, 0.2) is 29.2 Å². The van der Waals surface area contributed by atoms with Gasteiger partial charge in [-0.2, -0.15) is 0 Å². The average molecular weight is 237 g/mol. The monoisotopic (exact) mass is 236 g/mol. The lowest BCUT2D eigenvalue weighted by atomic mass is 10.2. The molecule has 0 fully saturated rings. The molecule has 0 saturated carbocycles. The first-order chi connectivity index (χ1) is 7.65. The van der Waals surface area contributed by atoms with E-state index < -0.39 is 0 Å². The van der Waals surface area contributed by atoms with Crippen LogP contribution in [0.3, 0.4) is 0 Å². The van der Waals surface area contributed by atoms with Crippen LogP contribution < -0.4 is 10.9 Å². The molecule has 0 amide bonds. The molecule has 2 rings (SSSR count). The number of halogens is 1. The highest BCUT2D eigenvalue weighted by Crippen LogP contribution is 2.21. The van der Waals surface area contributed by atoms with Gasteiger partial charge in [0.05, 0.1) is 0 Å². The van der Waals surface area contributed by atoms with E-state index in [9.17, 15) is 4.79 Å². The lowest BCUT2D eigenvalue weighted by Crippen LogP contribution is -2.10. The van der Waals surface area contributed by atoms with Gasteiger partial charge in [0.15, 0.2) is 0 Å². The molecule has 1 heterocycles. The zero-order valence-corrected chi connectivity index (χ0v) is 9.25. The topological polar surface area (TPSA) is 70.7 Å². The second kappa shape index (κ2) is 4.32. The minimum atomic E-state index is -0.310. The molecule has 6 heteroatoms. The highest BCUT2D eigenvalue weighted by Gasteiger charge is 2.00. The van der Waals surface area contributed by atoms with E-state index in [4.69, 9.17) is 11.6 Å². The lowest BCUT2D eigenvalue weighted by Gasteiger charge is -2.05. The molecule has 0 unspecified atom stereocenters. The summed E-state index contributed by atoms with van der Waals surface area (Å²) in [5, 5.41) is 10.8. The van der Waals surface area contributed by atoms with E-state index in [1.165, 1.54) is 0 Å². The summed E-state index contributed by atoms with van der Waals surface area (Å²) in [6.45, 7) is 1.91. The van der Waals surface area contributed by atoms with Gasteiger partial charge in [0.25, 0.3) is 5.56 Å². The van der Waals surface area contributed by atoms with Crippen molar-refractivity contribution in [2.75, 3.05) is 5.32 Å². The van der Waals surface area contributed by atoms with Crippen molar-refractivity contribution >= 4 is 23.2 Å². The fourth-order valence-corrected chi connectivity index (χ4v) is 1.36. The van der Waals surface area contributed by atoms with Gasteiger partial charge in [0.2, 0.25) is 5.95 Å². The Morgan fingerprint density at radius 2 is 2.25 bits per heavy atom. The van der Waals surface area contributed by atoms with Gasteiger partial charge < -0.3 is 5.32 Å². The van der Waals surface area contributed by atoms with E-state index in [0.717, 1.165) is 17.4 Å². The minimum Gasteiger partial charge on any atom is -0.324 e. The van der Waals surface area contributed by atoms with Crippen molar-refractivity contribution in [2.45, 2.75) is 6.92 Å². The Morgan fingerprint density at radius 1 is 1.44 bits per heavy atom. The number of nitrogens with one attached hydrogen (secondary N) is 2. The van der Waals surface area contributed by atoms with Crippen molar-refractivity contribution in [3.63, 3.8) is 0 Å². The molecule has 1 aromatic heterocycles. The number of H-pyrrole nitrogens is 1. The maximum Gasteiger partial charge on any atom is 0.271 e. The summed E-state index contributed by atoms with van der Waals surface area (Å²) in [7, 11) is 0. The first kappa shape index (κ1) is 10.6. The number of anilines is 2. The Kier molecular flexibility index (Phi) is 2.87. The zero-order chi connectivity index (χ0) is 11.5. The molecule has 5 nitrogen and oxygen atoms in total. The fraction of sp³-hybridized carbons (Fsp3) is 0.100. The van der Waals surface area contributed by atoms with Crippen LogP contribution in [-0.4, -0.2) is 15.2 Å². The SMILES string of the molecule is Cc1ccc(Nc2nncc(=O)[nH]2)cc1Cl. The summed E-state index contributed by atoms with van der Waals surface area (Å²) in [5.74, 6) is 0.285. The maximum atomic E-state index is 11.0. The molecular weight excluding hydrogens is 228 g/mol. The first-order valence-electron chi connectivity index (χ1n) is 4.60. The predicted octanol–water partition coefficient (Wildman–Crippen LogP) is 1.87. The molecule has 0 saturated heterocycles. The van der Waals surface area contributed by atoms with Crippen molar-refractivity contribution in [1.82, 2.24) is 15.2 Å². The Hall–Kier alpha value is -1.88. The van der Waals surface area contributed by atoms with Crippen LogP contribution in [0.2, 0.25) is 5.02 Å². The summed E-state index contributed by atoms with van der Waals surface area (Å²) < 4.78 is 0. The largest absolute Gasteiger partial charge is 0.324 e. The summed E-state index contributed by atoms with van der Waals surface area (Å²) in [6, 6.07) is 5.47. The van der Waals surface area contributed by atoms with Crippen LogP contribution in [0, 0.1) is 6.92 Å². The average Bonchev–Trinajstić information content (AvgIpc) is 2.24. The van der Waals surface area contributed by atoms with Gasteiger partial charge in [0, 0.05) is 10.7 Å². The molecule has 1 aromatic carbocycles. The van der Waals surface area contributed by atoms with Crippen molar-refractivity contribution in [2.24, 2.45) is 0 Å². The number of nitrogens with zero attached hydrogens (tertiary/aromatic N) is 2. The van der Waals surface area contributed by atoms with Gasteiger partial charge in [0.1, 0.15) is 6.20 Å². The van der Waals surface area contributed by atoms with Crippen molar-refractivity contribution in [3.05, 3.63) is 45.3 Å². The lowest BCUT2D eigenvalue weighted by molar-refractivity contribution is 0.953. The standard InChI is InChI=1S/C10H9ClN4O/c1-6-2-3-7(4-8(6)11)13-10-14-9(16)5-12-15-10/h2-5H,1H3,(H2,13,14,15,16). The fourth-order valence-electron chi connectivity index (χ4n) is 1.18. The van der Waals surface area contributed by atoms with Crippen LogP contribution in [0.4, 0.5) is 11.6 Å². The van der Waals surface area contributed by atoms with Crippen molar-refractivity contribution < 1.29 is 0 Å². The van der Waals surface area contributed by atoms with Gasteiger partial charge in [-0.15, -0.1) is 10.2 Å². The third-order valence-electron chi connectivity index (χ3n) is 2.01. The van der Waals surface area contributed by atoms with Gasteiger partial charge in [-0.3, -0.25) is 9.78 Å².